The maximum Gasteiger partial charge on any atom is 0.305 e. The molecule has 0 aromatic heterocycles. The minimum atomic E-state index is -0.0869. The fourth-order valence-corrected chi connectivity index (χ4v) is 0.798. The third kappa shape index (κ3) is 12.1. The number of unbranched alkanes of at least 4 members (excludes halogenated alkanes) is 3. The van der Waals surface area contributed by atoms with Gasteiger partial charge in [-0.25, -0.2) is 0 Å². The Morgan fingerprint density at radius 1 is 1.25 bits per heavy atom. The lowest BCUT2D eigenvalue weighted by atomic mass is 10.2. The van der Waals surface area contributed by atoms with E-state index in [2.05, 4.69) is 11.7 Å². The molecule has 0 aliphatic carbocycles. The highest BCUT2D eigenvalue weighted by Crippen LogP contribution is 2.02. The van der Waals surface area contributed by atoms with Crippen molar-refractivity contribution in [2.75, 3.05) is 14.2 Å². The van der Waals surface area contributed by atoms with E-state index in [1.807, 2.05) is 0 Å². The predicted molar refractivity (Wildman–Crippen MR) is 48.9 cm³/mol. The predicted octanol–water partition coefficient (Wildman–Crippen LogP) is 1.74. The van der Waals surface area contributed by atoms with E-state index in [0.717, 1.165) is 20.0 Å². The van der Waals surface area contributed by atoms with Crippen molar-refractivity contribution in [3.63, 3.8) is 0 Å². The molecule has 74 valence electrons. The van der Waals surface area contributed by atoms with E-state index in [4.69, 9.17) is 5.11 Å². The van der Waals surface area contributed by atoms with Gasteiger partial charge >= 0.3 is 5.97 Å². The molecule has 0 fully saturated rings. The van der Waals surface area contributed by atoms with Crippen LogP contribution in [0.25, 0.3) is 0 Å². The van der Waals surface area contributed by atoms with E-state index in [9.17, 15) is 4.79 Å². The third-order valence-electron chi connectivity index (χ3n) is 1.46. The SMILES string of the molecule is CCCCCCC(=O)OC.CO. The lowest BCUT2D eigenvalue weighted by Gasteiger charge is -1.97. The summed E-state index contributed by atoms with van der Waals surface area (Å²) in [5.74, 6) is -0.0869. The zero-order valence-electron chi connectivity index (χ0n) is 8.30. The number of rotatable bonds is 5. The van der Waals surface area contributed by atoms with Gasteiger partial charge in [-0.2, -0.15) is 0 Å². The van der Waals surface area contributed by atoms with Gasteiger partial charge in [0.25, 0.3) is 0 Å². The fourth-order valence-electron chi connectivity index (χ4n) is 0.798. The maximum atomic E-state index is 10.6. The Bertz CT molecular complexity index is 91.8. The second-order valence-corrected chi connectivity index (χ2v) is 2.39. The summed E-state index contributed by atoms with van der Waals surface area (Å²) < 4.78 is 4.49. The van der Waals surface area contributed by atoms with E-state index < -0.39 is 0 Å². The second kappa shape index (κ2) is 13.1. The maximum absolute atomic E-state index is 10.6. The van der Waals surface area contributed by atoms with Crippen LogP contribution in [0.1, 0.15) is 39.0 Å². The molecular formula is C9H20O3. The van der Waals surface area contributed by atoms with E-state index in [-0.39, 0.29) is 5.97 Å². The van der Waals surface area contributed by atoms with Crippen molar-refractivity contribution in [3.8, 4) is 0 Å². The van der Waals surface area contributed by atoms with Gasteiger partial charge in [0.05, 0.1) is 7.11 Å². The molecule has 0 aromatic carbocycles. The molecule has 3 heteroatoms. The van der Waals surface area contributed by atoms with Gasteiger partial charge in [0, 0.05) is 13.5 Å². The Balaban J connectivity index is 0. The van der Waals surface area contributed by atoms with Gasteiger partial charge in [-0.1, -0.05) is 26.2 Å². The average molecular weight is 176 g/mol. The van der Waals surface area contributed by atoms with Crippen LogP contribution < -0.4 is 0 Å². The molecule has 0 rings (SSSR count). The fraction of sp³-hybridized carbons (Fsp3) is 0.889. The van der Waals surface area contributed by atoms with E-state index >= 15 is 0 Å². The van der Waals surface area contributed by atoms with Gasteiger partial charge in [-0.15, -0.1) is 0 Å². The number of hydrogen-bond acceptors (Lipinski definition) is 3. The smallest absolute Gasteiger partial charge is 0.305 e. The van der Waals surface area contributed by atoms with Gasteiger partial charge in [-0.05, 0) is 6.42 Å². The van der Waals surface area contributed by atoms with Gasteiger partial charge in [0.2, 0.25) is 0 Å². The van der Waals surface area contributed by atoms with Crippen LogP contribution in [0.15, 0.2) is 0 Å². The molecule has 0 radical (unpaired) electrons. The van der Waals surface area contributed by atoms with Crippen molar-refractivity contribution in [1.29, 1.82) is 0 Å². The summed E-state index contributed by atoms with van der Waals surface area (Å²) in [5.41, 5.74) is 0. The summed E-state index contributed by atoms with van der Waals surface area (Å²) in [6, 6.07) is 0. The van der Waals surface area contributed by atoms with Crippen LogP contribution in [0.4, 0.5) is 0 Å². The quantitative estimate of drug-likeness (QED) is 0.512. The summed E-state index contributed by atoms with van der Waals surface area (Å²) >= 11 is 0. The lowest BCUT2D eigenvalue weighted by Crippen LogP contribution is -1.98. The molecule has 0 aliphatic heterocycles. The number of carbonyl (C=O) groups is 1. The molecule has 0 aromatic rings. The topological polar surface area (TPSA) is 46.5 Å². The first kappa shape index (κ1) is 14.0. The highest BCUT2D eigenvalue weighted by molar-refractivity contribution is 5.68. The number of esters is 1. The van der Waals surface area contributed by atoms with Crippen molar-refractivity contribution in [1.82, 2.24) is 0 Å². The summed E-state index contributed by atoms with van der Waals surface area (Å²) in [4.78, 5) is 10.6. The first-order chi connectivity index (χ1) is 5.81. The van der Waals surface area contributed by atoms with E-state index in [1.165, 1.54) is 20.0 Å². The van der Waals surface area contributed by atoms with Crippen LogP contribution in [-0.2, 0) is 9.53 Å². The zero-order valence-corrected chi connectivity index (χ0v) is 8.30. The molecule has 12 heavy (non-hydrogen) atoms. The van der Waals surface area contributed by atoms with Crippen LogP contribution in [0.3, 0.4) is 0 Å². The number of methoxy groups -OCH3 is 1. The third-order valence-corrected chi connectivity index (χ3v) is 1.46. The molecule has 0 spiro atoms. The molecule has 0 aliphatic rings. The standard InChI is InChI=1S/C8H16O2.CH4O/c1-3-4-5-6-7-8(9)10-2;1-2/h3-7H2,1-2H3;2H,1H3. The monoisotopic (exact) mass is 176 g/mol. The molecule has 0 bridgehead atoms. The van der Waals surface area contributed by atoms with Crippen LogP contribution in [-0.4, -0.2) is 25.3 Å². The zero-order chi connectivity index (χ0) is 9.82. The molecule has 0 unspecified atom stereocenters. The minimum absolute atomic E-state index is 0.0869. The molecule has 1 N–H and O–H groups in total. The average Bonchev–Trinajstić information content (AvgIpc) is 2.15. The second-order valence-electron chi connectivity index (χ2n) is 2.39. The summed E-state index contributed by atoms with van der Waals surface area (Å²) in [7, 11) is 2.43. The Labute approximate surface area is 74.7 Å². The number of aliphatic hydroxyl groups excluding tert-OH is 1. The normalized spacial score (nSPS) is 8.33. The van der Waals surface area contributed by atoms with Crippen LogP contribution in [0.5, 0.6) is 0 Å². The molecule has 3 nitrogen and oxygen atoms in total. The molecule has 0 amide bonds. The summed E-state index contributed by atoms with van der Waals surface area (Å²) in [6.45, 7) is 2.15. The highest BCUT2D eigenvalue weighted by Gasteiger charge is 1.97. The Morgan fingerprint density at radius 2 is 1.83 bits per heavy atom. The Kier molecular flexibility index (Phi) is 15.2. The molecular weight excluding hydrogens is 156 g/mol. The first-order valence-electron chi connectivity index (χ1n) is 4.32. The van der Waals surface area contributed by atoms with Gasteiger partial charge in [-0.3, -0.25) is 4.79 Å². The van der Waals surface area contributed by atoms with Crippen LogP contribution in [0.2, 0.25) is 0 Å². The number of ether oxygens (including phenoxy) is 1. The molecule has 0 saturated heterocycles. The van der Waals surface area contributed by atoms with Crippen LogP contribution in [0, 0.1) is 0 Å². The Hall–Kier alpha value is -0.570. The van der Waals surface area contributed by atoms with Crippen LogP contribution >= 0.6 is 0 Å². The minimum Gasteiger partial charge on any atom is -0.469 e. The van der Waals surface area contributed by atoms with Gasteiger partial charge in [0.15, 0.2) is 0 Å². The van der Waals surface area contributed by atoms with E-state index in [1.54, 1.807) is 0 Å². The highest BCUT2D eigenvalue weighted by atomic mass is 16.5. The van der Waals surface area contributed by atoms with Gasteiger partial charge < -0.3 is 9.84 Å². The Morgan fingerprint density at radius 3 is 2.25 bits per heavy atom. The van der Waals surface area contributed by atoms with Crippen molar-refractivity contribution in [2.45, 2.75) is 39.0 Å². The summed E-state index contributed by atoms with van der Waals surface area (Å²) in [5, 5.41) is 7.00. The van der Waals surface area contributed by atoms with Crippen molar-refractivity contribution < 1.29 is 14.6 Å². The lowest BCUT2D eigenvalue weighted by molar-refractivity contribution is -0.140. The van der Waals surface area contributed by atoms with Crippen molar-refractivity contribution in [2.24, 2.45) is 0 Å². The first-order valence-corrected chi connectivity index (χ1v) is 4.32. The van der Waals surface area contributed by atoms with Gasteiger partial charge in [0.1, 0.15) is 0 Å². The number of hydrogen-bond donors (Lipinski definition) is 1. The molecule has 0 atom stereocenters. The largest absolute Gasteiger partial charge is 0.469 e. The number of carbonyl (C=O) groups excluding carboxylic acids is 1. The van der Waals surface area contributed by atoms with Crippen molar-refractivity contribution in [3.05, 3.63) is 0 Å². The summed E-state index contributed by atoms with van der Waals surface area (Å²) in [6.07, 6.45) is 5.13. The molecule has 0 heterocycles. The van der Waals surface area contributed by atoms with E-state index in [0.29, 0.717) is 6.42 Å². The molecule has 0 saturated carbocycles. The number of aliphatic hydroxyl groups is 1. The van der Waals surface area contributed by atoms with Crippen molar-refractivity contribution >= 4 is 5.97 Å².